The van der Waals surface area contributed by atoms with Crippen molar-refractivity contribution in [1.29, 1.82) is 0 Å². The molecule has 3 rings (SSSR count). The van der Waals surface area contributed by atoms with Gasteiger partial charge in [0, 0.05) is 24.5 Å². The summed E-state index contributed by atoms with van der Waals surface area (Å²) in [4.78, 5) is 28.4. The number of hydrogen-bond acceptors (Lipinski definition) is 5. The van der Waals surface area contributed by atoms with Gasteiger partial charge in [-0.3, -0.25) is 14.6 Å². The normalized spacial score (nSPS) is 19.0. The summed E-state index contributed by atoms with van der Waals surface area (Å²) in [5, 5.41) is 2.74. The fraction of sp³-hybridized carbons (Fsp3) is 0.235. The van der Waals surface area contributed by atoms with E-state index in [4.69, 9.17) is 0 Å². The first-order valence-electron chi connectivity index (χ1n) is 7.72. The molecule has 0 aliphatic carbocycles. The lowest BCUT2D eigenvalue weighted by Crippen LogP contribution is -2.30. The second-order valence-electron chi connectivity index (χ2n) is 5.88. The maximum absolute atomic E-state index is 12.3. The Morgan fingerprint density at radius 2 is 2.12 bits per heavy atom. The van der Waals surface area contributed by atoms with Crippen molar-refractivity contribution in [2.24, 2.45) is 5.92 Å². The third-order valence-electron chi connectivity index (χ3n) is 3.88. The van der Waals surface area contributed by atoms with E-state index in [1.807, 2.05) is 6.07 Å². The standard InChI is InChI=1S/C17H17N3O4S/c1-12-11-25(23,24)20(17(12)22)15-6-2-5-14(8-15)16(21)19-10-13-4-3-7-18-9-13/h2-9,12H,10-11H2,1H3,(H,19,21)/t12-/m0/s1. The zero-order chi connectivity index (χ0) is 18.0. The highest BCUT2D eigenvalue weighted by Crippen LogP contribution is 2.28. The zero-order valence-electron chi connectivity index (χ0n) is 13.5. The number of pyridine rings is 1. The van der Waals surface area contributed by atoms with Crippen LogP contribution in [0, 0.1) is 5.92 Å². The highest BCUT2D eigenvalue weighted by Gasteiger charge is 2.42. The van der Waals surface area contributed by atoms with Gasteiger partial charge in [-0.2, -0.15) is 0 Å². The molecule has 7 nitrogen and oxygen atoms in total. The predicted molar refractivity (Wildman–Crippen MR) is 92.3 cm³/mol. The number of hydrogen-bond donors (Lipinski definition) is 1. The number of amides is 2. The monoisotopic (exact) mass is 359 g/mol. The first-order chi connectivity index (χ1) is 11.9. The van der Waals surface area contributed by atoms with Crippen LogP contribution in [0.1, 0.15) is 22.8 Å². The molecule has 0 unspecified atom stereocenters. The van der Waals surface area contributed by atoms with Crippen LogP contribution in [0.15, 0.2) is 48.8 Å². The molecule has 1 aliphatic rings. The molecule has 1 aromatic heterocycles. The van der Waals surface area contributed by atoms with Gasteiger partial charge >= 0.3 is 0 Å². The Morgan fingerprint density at radius 3 is 2.76 bits per heavy atom. The van der Waals surface area contributed by atoms with Crippen molar-refractivity contribution in [1.82, 2.24) is 10.3 Å². The highest BCUT2D eigenvalue weighted by molar-refractivity contribution is 7.94. The molecule has 1 aromatic carbocycles. The maximum atomic E-state index is 12.3. The Bertz CT molecular complexity index is 913. The van der Waals surface area contributed by atoms with Crippen molar-refractivity contribution in [2.75, 3.05) is 10.1 Å². The number of nitrogens with zero attached hydrogens (tertiary/aromatic N) is 2. The molecule has 8 heteroatoms. The van der Waals surface area contributed by atoms with Gasteiger partial charge in [-0.05, 0) is 29.8 Å². The first kappa shape index (κ1) is 17.1. The number of benzene rings is 1. The molecule has 1 N–H and O–H groups in total. The van der Waals surface area contributed by atoms with E-state index in [9.17, 15) is 18.0 Å². The van der Waals surface area contributed by atoms with Crippen LogP contribution in [-0.2, 0) is 21.4 Å². The number of carbonyl (C=O) groups excluding carboxylic acids is 2. The van der Waals surface area contributed by atoms with Crippen LogP contribution in [0.4, 0.5) is 5.69 Å². The van der Waals surface area contributed by atoms with Crippen molar-refractivity contribution in [3.63, 3.8) is 0 Å². The second kappa shape index (κ2) is 6.64. The van der Waals surface area contributed by atoms with E-state index < -0.39 is 21.8 Å². The first-order valence-corrected chi connectivity index (χ1v) is 9.33. The second-order valence-corrected chi connectivity index (χ2v) is 7.74. The summed E-state index contributed by atoms with van der Waals surface area (Å²) in [5.74, 6) is -1.65. The van der Waals surface area contributed by atoms with Gasteiger partial charge in [0.25, 0.3) is 5.91 Å². The average molecular weight is 359 g/mol. The number of aromatic nitrogens is 1. The van der Waals surface area contributed by atoms with Crippen LogP contribution >= 0.6 is 0 Å². The Labute approximate surface area is 145 Å². The van der Waals surface area contributed by atoms with Crippen LogP contribution in [0.2, 0.25) is 0 Å². The maximum Gasteiger partial charge on any atom is 0.251 e. The van der Waals surface area contributed by atoms with E-state index in [1.54, 1.807) is 37.5 Å². The molecule has 1 aliphatic heterocycles. The van der Waals surface area contributed by atoms with Crippen molar-refractivity contribution < 1.29 is 18.0 Å². The van der Waals surface area contributed by atoms with Crippen molar-refractivity contribution >= 4 is 27.5 Å². The SMILES string of the molecule is C[C@H]1CS(=O)(=O)N(c2cccc(C(=O)NCc3cccnc3)c2)C1=O. The van der Waals surface area contributed by atoms with Crippen LogP contribution < -0.4 is 9.62 Å². The zero-order valence-corrected chi connectivity index (χ0v) is 14.4. The molecule has 0 bridgehead atoms. The summed E-state index contributed by atoms with van der Waals surface area (Å²) < 4.78 is 25.1. The number of carbonyl (C=O) groups is 2. The van der Waals surface area contributed by atoms with E-state index in [-0.39, 0.29) is 22.9 Å². The van der Waals surface area contributed by atoms with Crippen molar-refractivity contribution in [3.05, 3.63) is 59.9 Å². The summed E-state index contributed by atoms with van der Waals surface area (Å²) in [5.41, 5.74) is 1.31. The summed E-state index contributed by atoms with van der Waals surface area (Å²) in [7, 11) is -3.69. The fourth-order valence-electron chi connectivity index (χ4n) is 2.65. The highest BCUT2D eigenvalue weighted by atomic mass is 32.2. The van der Waals surface area contributed by atoms with E-state index in [0.717, 1.165) is 9.87 Å². The van der Waals surface area contributed by atoms with Crippen LogP contribution in [-0.4, -0.2) is 31.0 Å². The number of rotatable bonds is 4. The molecule has 0 saturated carbocycles. The Balaban J connectivity index is 1.80. The van der Waals surface area contributed by atoms with Gasteiger partial charge in [0.1, 0.15) is 0 Å². The van der Waals surface area contributed by atoms with Crippen LogP contribution in [0.5, 0.6) is 0 Å². The Hall–Kier alpha value is -2.74. The molecule has 1 fully saturated rings. The summed E-state index contributed by atoms with van der Waals surface area (Å²) >= 11 is 0. The number of anilines is 1. The van der Waals surface area contributed by atoms with Gasteiger partial charge in [0.2, 0.25) is 15.9 Å². The lowest BCUT2D eigenvalue weighted by Gasteiger charge is -2.16. The van der Waals surface area contributed by atoms with Gasteiger partial charge in [0.15, 0.2) is 0 Å². The van der Waals surface area contributed by atoms with Crippen LogP contribution in [0.25, 0.3) is 0 Å². The van der Waals surface area contributed by atoms with E-state index in [1.165, 1.54) is 12.1 Å². The minimum Gasteiger partial charge on any atom is -0.348 e. The van der Waals surface area contributed by atoms with E-state index in [0.29, 0.717) is 6.54 Å². The summed E-state index contributed by atoms with van der Waals surface area (Å²) in [6.45, 7) is 1.87. The number of nitrogens with one attached hydrogen (secondary N) is 1. The smallest absolute Gasteiger partial charge is 0.251 e. The Kier molecular flexibility index (Phi) is 4.54. The Morgan fingerprint density at radius 1 is 1.32 bits per heavy atom. The molecule has 0 radical (unpaired) electrons. The molecule has 0 spiro atoms. The van der Waals surface area contributed by atoms with Gasteiger partial charge in [0.05, 0.1) is 17.4 Å². The van der Waals surface area contributed by atoms with Gasteiger partial charge in [-0.25, -0.2) is 12.7 Å². The van der Waals surface area contributed by atoms with Gasteiger partial charge in [-0.1, -0.05) is 19.1 Å². The van der Waals surface area contributed by atoms with Gasteiger partial charge in [-0.15, -0.1) is 0 Å². The molecule has 130 valence electrons. The quantitative estimate of drug-likeness (QED) is 0.888. The predicted octanol–water partition coefficient (Wildman–Crippen LogP) is 1.32. The van der Waals surface area contributed by atoms with E-state index in [2.05, 4.69) is 10.3 Å². The molecule has 2 heterocycles. The third-order valence-corrected chi connectivity index (χ3v) is 5.75. The average Bonchev–Trinajstić information content (AvgIpc) is 2.81. The topological polar surface area (TPSA) is 96.4 Å². The lowest BCUT2D eigenvalue weighted by atomic mass is 10.1. The molecule has 25 heavy (non-hydrogen) atoms. The molecule has 2 amide bonds. The molecule has 2 aromatic rings. The van der Waals surface area contributed by atoms with E-state index >= 15 is 0 Å². The van der Waals surface area contributed by atoms with Crippen molar-refractivity contribution in [3.8, 4) is 0 Å². The summed E-state index contributed by atoms with van der Waals surface area (Å²) in [6, 6.07) is 9.64. The summed E-state index contributed by atoms with van der Waals surface area (Å²) in [6.07, 6.45) is 3.29. The van der Waals surface area contributed by atoms with Crippen molar-refractivity contribution in [2.45, 2.75) is 13.5 Å². The molecular formula is C17H17N3O4S. The minimum atomic E-state index is -3.69. The van der Waals surface area contributed by atoms with Crippen LogP contribution in [0.3, 0.4) is 0 Å². The minimum absolute atomic E-state index is 0.184. The molecule has 1 saturated heterocycles. The largest absolute Gasteiger partial charge is 0.348 e. The lowest BCUT2D eigenvalue weighted by molar-refractivity contribution is -0.119. The number of sulfonamides is 1. The molecule has 1 atom stereocenters. The molecular weight excluding hydrogens is 342 g/mol. The fourth-order valence-corrected chi connectivity index (χ4v) is 4.46. The van der Waals surface area contributed by atoms with Gasteiger partial charge < -0.3 is 5.32 Å². The third kappa shape index (κ3) is 3.53.